The molecule has 21 heavy (non-hydrogen) atoms. The standard InChI is InChI=1S/C16H33N3O2/c1-13(15(2,3)11-19(4)5)18-14(20)16(12-21-6)7-9-17-10-8-16/h13,17H,7-12H2,1-6H3,(H,18,20). The van der Waals surface area contributed by atoms with Crippen LogP contribution in [0.5, 0.6) is 0 Å². The van der Waals surface area contributed by atoms with Crippen LogP contribution in [0.2, 0.25) is 0 Å². The van der Waals surface area contributed by atoms with Gasteiger partial charge in [-0.05, 0) is 52.4 Å². The first-order chi connectivity index (χ1) is 9.73. The van der Waals surface area contributed by atoms with E-state index in [4.69, 9.17) is 4.74 Å². The molecule has 1 amide bonds. The van der Waals surface area contributed by atoms with Crippen LogP contribution in [-0.4, -0.2) is 64.3 Å². The quantitative estimate of drug-likeness (QED) is 0.739. The number of piperidine rings is 1. The Balaban J connectivity index is 2.72. The first-order valence-electron chi connectivity index (χ1n) is 7.89. The van der Waals surface area contributed by atoms with E-state index in [2.05, 4.69) is 50.4 Å². The molecule has 0 saturated carbocycles. The van der Waals surface area contributed by atoms with Gasteiger partial charge in [0.1, 0.15) is 0 Å². The fourth-order valence-electron chi connectivity index (χ4n) is 3.12. The number of rotatable bonds is 7. The summed E-state index contributed by atoms with van der Waals surface area (Å²) in [4.78, 5) is 15.0. The zero-order valence-corrected chi connectivity index (χ0v) is 14.6. The van der Waals surface area contributed by atoms with Gasteiger partial charge in [-0.15, -0.1) is 0 Å². The molecule has 0 aromatic carbocycles. The summed E-state index contributed by atoms with van der Waals surface area (Å²) < 4.78 is 5.34. The Hall–Kier alpha value is -0.650. The third-order valence-electron chi connectivity index (χ3n) is 4.71. The maximum absolute atomic E-state index is 12.8. The van der Waals surface area contributed by atoms with Crippen molar-refractivity contribution in [2.45, 2.75) is 39.7 Å². The van der Waals surface area contributed by atoms with Crippen LogP contribution >= 0.6 is 0 Å². The summed E-state index contributed by atoms with van der Waals surface area (Å²) in [5.41, 5.74) is -0.344. The Morgan fingerprint density at radius 2 is 1.95 bits per heavy atom. The van der Waals surface area contributed by atoms with Crippen molar-refractivity contribution in [3.63, 3.8) is 0 Å². The maximum atomic E-state index is 12.8. The Kier molecular flexibility index (Phi) is 6.63. The molecule has 1 saturated heterocycles. The van der Waals surface area contributed by atoms with Crippen molar-refractivity contribution >= 4 is 5.91 Å². The number of ether oxygens (including phenoxy) is 1. The number of hydrogen-bond acceptors (Lipinski definition) is 4. The van der Waals surface area contributed by atoms with E-state index in [0.717, 1.165) is 32.5 Å². The zero-order chi connectivity index (χ0) is 16.1. The highest BCUT2D eigenvalue weighted by atomic mass is 16.5. The highest BCUT2D eigenvalue weighted by molar-refractivity contribution is 5.83. The molecule has 1 fully saturated rings. The fourth-order valence-corrected chi connectivity index (χ4v) is 3.12. The lowest BCUT2D eigenvalue weighted by atomic mass is 9.77. The van der Waals surface area contributed by atoms with Crippen LogP contribution in [0.25, 0.3) is 0 Å². The molecule has 5 nitrogen and oxygen atoms in total. The number of carbonyl (C=O) groups is 1. The summed E-state index contributed by atoms with van der Waals surface area (Å²) in [7, 11) is 5.81. The Bertz CT molecular complexity index is 331. The summed E-state index contributed by atoms with van der Waals surface area (Å²) in [6, 6.07) is 0.121. The summed E-state index contributed by atoms with van der Waals surface area (Å²) in [6.07, 6.45) is 1.68. The lowest BCUT2D eigenvalue weighted by Crippen LogP contribution is -2.55. The SMILES string of the molecule is COCC1(C(=O)NC(C)C(C)(C)CN(C)C)CCNCC1. The maximum Gasteiger partial charge on any atom is 0.228 e. The molecule has 1 aliphatic rings. The molecule has 1 heterocycles. The molecule has 1 unspecified atom stereocenters. The summed E-state index contributed by atoms with van der Waals surface area (Å²) in [5, 5.41) is 6.57. The second-order valence-electron chi connectivity index (χ2n) is 7.38. The lowest BCUT2D eigenvalue weighted by molar-refractivity contribution is -0.137. The molecule has 0 aromatic heterocycles. The molecule has 0 aromatic rings. The molecule has 1 aliphatic heterocycles. The van der Waals surface area contributed by atoms with Gasteiger partial charge in [0.15, 0.2) is 0 Å². The number of carbonyl (C=O) groups excluding carboxylic acids is 1. The van der Waals surface area contributed by atoms with E-state index < -0.39 is 0 Å². The van der Waals surface area contributed by atoms with Gasteiger partial charge in [0.25, 0.3) is 0 Å². The van der Waals surface area contributed by atoms with E-state index in [9.17, 15) is 4.79 Å². The van der Waals surface area contributed by atoms with Crippen LogP contribution in [0, 0.1) is 10.8 Å². The molecule has 0 radical (unpaired) electrons. The lowest BCUT2D eigenvalue weighted by Gasteiger charge is -2.40. The van der Waals surface area contributed by atoms with Crippen molar-refractivity contribution < 1.29 is 9.53 Å². The third-order valence-corrected chi connectivity index (χ3v) is 4.71. The van der Waals surface area contributed by atoms with Crippen LogP contribution in [-0.2, 0) is 9.53 Å². The topological polar surface area (TPSA) is 53.6 Å². The average molecular weight is 299 g/mol. The van der Waals surface area contributed by atoms with Crippen molar-refractivity contribution in [3.05, 3.63) is 0 Å². The smallest absolute Gasteiger partial charge is 0.228 e. The first-order valence-corrected chi connectivity index (χ1v) is 7.89. The van der Waals surface area contributed by atoms with Gasteiger partial charge < -0.3 is 20.3 Å². The van der Waals surface area contributed by atoms with Crippen LogP contribution in [0.4, 0.5) is 0 Å². The highest BCUT2D eigenvalue weighted by Gasteiger charge is 2.41. The Morgan fingerprint density at radius 1 is 1.38 bits per heavy atom. The Labute approximate surface area is 129 Å². The largest absolute Gasteiger partial charge is 0.384 e. The van der Waals surface area contributed by atoms with Gasteiger partial charge in [-0.3, -0.25) is 4.79 Å². The van der Waals surface area contributed by atoms with E-state index in [1.165, 1.54) is 0 Å². The number of nitrogens with one attached hydrogen (secondary N) is 2. The number of amides is 1. The normalized spacial score (nSPS) is 20.3. The molecule has 5 heteroatoms. The molecule has 1 atom stereocenters. The number of methoxy groups -OCH3 is 1. The van der Waals surface area contributed by atoms with Gasteiger partial charge in [0.2, 0.25) is 5.91 Å². The number of nitrogens with zero attached hydrogens (tertiary/aromatic N) is 1. The van der Waals surface area contributed by atoms with Gasteiger partial charge >= 0.3 is 0 Å². The van der Waals surface area contributed by atoms with Crippen molar-refractivity contribution in [2.75, 3.05) is 47.4 Å². The average Bonchev–Trinajstić information content (AvgIpc) is 2.38. The summed E-state index contributed by atoms with van der Waals surface area (Å²) in [6.45, 7) is 9.70. The van der Waals surface area contributed by atoms with Gasteiger partial charge in [-0.25, -0.2) is 0 Å². The van der Waals surface area contributed by atoms with Crippen LogP contribution in [0.1, 0.15) is 33.6 Å². The molecular formula is C16H33N3O2. The van der Waals surface area contributed by atoms with Crippen LogP contribution < -0.4 is 10.6 Å². The van der Waals surface area contributed by atoms with Crippen molar-refractivity contribution in [2.24, 2.45) is 10.8 Å². The minimum atomic E-state index is -0.373. The van der Waals surface area contributed by atoms with E-state index in [1.807, 2.05) is 0 Å². The van der Waals surface area contributed by atoms with Crippen LogP contribution in [0.3, 0.4) is 0 Å². The van der Waals surface area contributed by atoms with Gasteiger partial charge in [0.05, 0.1) is 12.0 Å². The second kappa shape index (κ2) is 7.56. The van der Waals surface area contributed by atoms with Gasteiger partial charge in [0, 0.05) is 19.7 Å². The van der Waals surface area contributed by atoms with Crippen molar-refractivity contribution in [3.8, 4) is 0 Å². The van der Waals surface area contributed by atoms with E-state index in [1.54, 1.807) is 7.11 Å². The van der Waals surface area contributed by atoms with Crippen molar-refractivity contribution in [1.29, 1.82) is 0 Å². The van der Waals surface area contributed by atoms with E-state index >= 15 is 0 Å². The minimum absolute atomic E-state index is 0.0281. The molecule has 2 N–H and O–H groups in total. The molecule has 1 rings (SSSR count). The molecule has 0 bridgehead atoms. The summed E-state index contributed by atoms with van der Waals surface area (Å²) in [5.74, 6) is 0.144. The second-order valence-corrected chi connectivity index (χ2v) is 7.38. The molecule has 124 valence electrons. The summed E-state index contributed by atoms with van der Waals surface area (Å²) >= 11 is 0. The molecular weight excluding hydrogens is 266 g/mol. The van der Waals surface area contributed by atoms with Gasteiger partial charge in [-0.2, -0.15) is 0 Å². The van der Waals surface area contributed by atoms with E-state index in [-0.39, 0.29) is 22.8 Å². The zero-order valence-electron chi connectivity index (χ0n) is 14.6. The third kappa shape index (κ3) is 4.94. The highest BCUT2D eigenvalue weighted by Crippen LogP contribution is 2.31. The monoisotopic (exact) mass is 299 g/mol. The van der Waals surface area contributed by atoms with Crippen molar-refractivity contribution in [1.82, 2.24) is 15.5 Å². The van der Waals surface area contributed by atoms with E-state index in [0.29, 0.717) is 6.61 Å². The van der Waals surface area contributed by atoms with Crippen LogP contribution in [0.15, 0.2) is 0 Å². The molecule has 0 aliphatic carbocycles. The number of hydrogen-bond donors (Lipinski definition) is 2. The fraction of sp³-hybridized carbons (Fsp3) is 0.938. The predicted octanol–water partition coefficient (Wildman–Crippen LogP) is 1.10. The molecule has 0 spiro atoms. The van der Waals surface area contributed by atoms with Gasteiger partial charge in [-0.1, -0.05) is 13.8 Å². The minimum Gasteiger partial charge on any atom is -0.384 e. The predicted molar refractivity (Wildman–Crippen MR) is 86.4 cm³/mol. The first kappa shape index (κ1) is 18.4. The Morgan fingerprint density at radius 3 is 2.43 bits per heavy atom.